The third-order valence-corrected chi connectivity index (χ3v) is 5.29. The monoisotopic (exact) mass is 336 g/mol. The zero-order chi connectivity index (χ0) is 17.1. The van der Waals surface area contributed by atoms with Crippen molar-refractivity contribution in [1.29, 1.82) is 0 Å². The number of nitrogens with one attached hydrogen (secondary N) is 1. The molecule has 23 heavy (non-hydrogen) atoms. The molecule has 0 bridgehead atoms. The lowest BCUT2D eigenvalue weighted by molar-refractivity contribution is 0.0677. The molecule has 0 aliphatic heterocycles. The molecule has 1 unspecified atom stereocenters. The number of fused-ring (bicyclic) bond motifs is 1. The summed E-state index contributed by atoms with van der Waals surface area (Å²) in [6.45, 7) is 5.34. The van der Waals surface area contributed by atoms with E-state index in [0.29, 0.717) is 18.4 Å². The molecule has 0 spiro atoms. The number of benzene rings is 1. The maximum Gasteiger partial charge on any atom is 0.242 e. The summed E-state index contributed by atoms with van der Waals surface area (Å²) in [7, 11) is -3.63. The highest BCUT2D eigenvalue weighted by molar-refractivity contribution is 7.89. The Labute approximate surface area is 137 Å². The summed E-state index contributed by atoms with van der Waals surface area (Å²) in [4.78, 5) is 4.40. The Morgan fingerprint density at radius 3 is 2.65 bits per heavy atom. The van der Waals surface area contributed by atoms with Crippen LogP contribution in [0, 0.1) is 0 Å². The Balaban J connectivity index is 2.12. The van der Waals surface area contributed by atoms with Crippen LogP contribution in [0.3, 0.4) is 0 Å². The van der Waals surface area contributed by atoms with Crippen molar-refractivity contribution in [2.24, 2.45) is 0 Å². The predicted molar refractivity (Wildman–Crippen MR) is 91.7 cm³/mol. The third-order valence-electron chi connectivity index (χ3n) is 3.67. The van der Waals surface area contributed by atoms with Crippen LogP contribution in [0.2, 0.25) is 0 Å². The normalized spacial score (nSPS) is 14.1. The predicted octanol–water partition coefficient (Wildman–Crippen LogP) is 2.84. The van der Waals surface area contributed by atoms with Crippen LogP contribution in [-0.2, 0) is 10.0 Å². The van der Waals surface area contributed by atoms with E-state index in [0.717, 1.165) is 11.8 Å². The van der Waals surface area contributed by atoms with Crippen LogP contribution in [0.5, 0.6) is 0 Å². The van der Waals surface area contributed by atoms with Crippen molar-refractivity contribution in [2.75, 3.05) is 0 Å². The van der Waals surface area contributed by atoms with Gasteiger partial charge in [0.05, 0.1) is 11.1 Å². The van der Waals surface area contributed by atoms with E-state index in [2.05, 4.69) is 9.71 Å². The van der Waals surface area contributed by atoms with Crippen molar-refractivity contribution in [1.82, 2.24) is 9.71 Å². The van der Waals surface area contributed by atoms with E-state index < -0.39 is 15.6 Å². The molecule has 0 radical (unpaired) electrons. The van der Waals surface area contributed by atoms with Crippen molar-refractivity contribution in [3.05, 3.63) is 36.5 Å². The van der Waals surface area contributed by atoms with Crippen molar-refractivity contribution >= 4 is 20.9 Å². The number of nitrogens with zero attached hydrogens (tertiary/aromatic N) is 1. The molecule has 0 saturated carbocycles. The molecule has 1 heterocycles. The fraction of sp³-hybridized carbons (Fsp3) is 0.471. The number of sulfonamides is 1. The van der Waals surface area contributed by atoms with Gasteiger partial charge in [0.1, 0.15) is 4.90 Å². The van der Waals surface area contributed by atoms with Gasteiger partial charge in [-0.1, -0.05) is 18.2 Å². The van der Waals surface area contributed by atoms with E-state index in [1.54, 1.807) is 38.2 Å². The van der Waals surface area contributed by atoms with E-state index in [1.165, 1.54) is 0 Å². The second kappa shape index (κ2) is 6.95. The average Bonchev–Trinajstić information content (AvgIpc) is 2.44. The molecule has 1 atom stereocenters. The lowest BCUT2D eigenvalue weighted by Crippen LogP contribution is -2.33. The summed E-state index contributed by atoms with van der Waals surface area (Å²) in [6.07, 6.45) is 3.64. The van der Waals surface area contributed by atoms with Crippen LogP contribution in [0.15, 0.2) is 41.4 Å². The Hall–Kier alpha value is -1.50. The standard InChI is InChI=1S/C17H24N2O3S/c1-13(7-5-11-17(2,3)20)19-23(21,22)15-10-4-8-14-9-6-12-18-16(14)15/h4,6,8-10,12-13,19-20H,5,7,11H2,1-3H3. The fourth-order valence-corrected chi connectivity index (χ4v) is 3.98. The lowest BCUT2D eigenvalue weighted by atomic mass is 10.00. The number of para-hydroxylation sites is 1. The van der Waals surface area contributed by atoms with Crippen molar-refractivity contribution in [2.45, 2.75) is 56.6 Å². The average molecular weight is 336 g/mol. The largest absolute Gasteiger partial charge is 0.390 e. The van der Waals surface area contributed by atoms with Crippen LogP contribution in [0.1, 0.15) is 40.0 Å². The van der Waals surface area contributed by atoms with Gasteiger partial charge in [-0.05, 0) is 52.2 Å². The quantitative estimate of drug-likeness (QED) is 0.815. The topological polar surface area (TPSA) is 79.3 Å². The van der Waals surface area contributed by atoms with Gasteiger partial charge in [-0.25, -0.2) is 13.1 Å². The minimum Gasteiger partial charge on any atom is -0.390 e. The first-order valence-corrected chi connectivity index (χ1v) is 9.26. The van der Waals surface area contributed by atoms with Gasteiger partial charge in [0.2, 0.25) is 10.0 Å². The second-order valence-corrected chi connectivity index (χ2v) is 8.24. The maximum absolute atomic E-state index is 12.6. The van der Waals surface area contributed by atoms with Crippen LogP contribution < -0.4 is 4.72 Å². The van der Waals surface area contributed by atoms with Crippen LogP contribution in [0.25, 0.3) is 10.9 Å². The zero-order valence-electron chi connectivity index (χ0n) is 13.8. The molecule has 1 aromatic heterocycles. The second-order valence-electron chi connectivity index (χ2n) is 6.56. The van der Waals surface area contributed by atoms with Crippen LogP contribution >= 0.6 is 0 Å². The van der Waals surface area contributed by atoms with Gasteiger partial charge in [-0.15, -0.1) is 0 Å². The number of rotatable bonds is 7. The number of aromatic nitrogens is 1. The molecule has 0 fully saturated rings. The highest BCUT2D eigenvalue weighted by Gasteiger charge is 2.21. The number of hydrogen-bond acceptors (Lipinski definition) is 4. The van der Waals surface area contributed by atoms with Crippen molar-refractivity contribution in [3.8, 4) is 0 Å². The first kappa shape index (κ1) is 17.8. The van der Waals surface area contributed by atoms with Gasteiger partial charge < -0.3 is 5.11 Å². The molecule has 0 saturated heterocycles. The Bertz CT molecular complexity index is 761. The smallest absolute Gasteiger partial charge is 0.242 e. The molecule has 0 amide bonds. The van der Waals surface area contributed by atoms with Crippen molar-refractivity contribution in [3.63, 3.8) is 0 Å². The summed E-state index contributed by atoms with van der Waals surface area (Å²) < 4.78 is 27.9. The first-order chi connectivity index (χ1) is 10.7. The minimum absolute atomic E-state index is 0.199. The van der Waals surface area contributed by atoms with E-state index in [9.17, 15) is 13.5 Å². The highest BCUT2D eigenvalue weighted by Crippen LogP contribution is 2.21. The molecule has 2 N–H and O–H groups in total. The maximum atomic E-state index is 12.6. The lowest BCUT2D eigenvalue weighted by Gasteiger charge is -2.19. The van der Waals surface area contributed by atoms with Gasteiger partial charge in [0, 0.05) is 17.6 Å². The molecule has 2 aromatic rings. The molecule has 6 heteroatoms. The molecule has 2 rings (SSSR count). The SMILES string of the molecule is CC(CCCC(C)(C)O)NS(=O)(=O)c1cccc2cccnc12. The number of pyridine rings is 1. The molecular formula is C17H24N2O3S. The van der Waals surface area contributed by atoms with Gasteiger partial charge in [0.25, 0.3) is 0 Å². The number of hydrogen-bond donors (Lipinski definition) is 2. The molecule has 5 nitrogen and oxygen atoms in total. The highest BCUT2D eigenvalue weighted by atomic mass is 32.2. The van der Waals surface area contributed by atoms with Crippen molar-refractivity contribution < 1.29 is 13.5 Å². The summed E-state index contributed by atoms with van der Waals surface area (Å²) in [5.74, 6) is 0. The fourth-order valence-electron chi connectivity index (χ4n) is 2.52. The first-order valence-electron chi connectivity index (χ1n) is 7.77. The third kappa shape index (κ3) is 4.99. The number of aliphatic hydroxyl groups is 1. The van der Waals surface area contributed by atoms with E-state index in [-0.39, 0.29) is 10.9 Å². The van der Waals surface area contributed by atoms with Crippen LogP contribution in [-0.4, -0.2) is 30.2 Å². The minimum atomic E-state index is -3.63. The van der Waals surface area contributed by atoms with E-state index in [4.69, 9.17) is 0 Å². The van der Waals surface area contributed by atoms with Gasteiger partial charge in [-0.2, -0.15) is 0 Å². The molecular weight excluding hydrogens is 312 g/mol. The van der Waals surface area contributed by atoms with Gasteiger partial charge in [0.15, 0.2) is 0 Å². The summed E-state index contributed by atoms with van der Waals surface area (Å²) in [5, 5.41) is 10.5. The van der Waals surface area contributed by atoms with E-state index >= 15 is 0 Å². The van der Waals surface area contributed by atoms with E-state index in [1.807, 2.05) is 19.1 Å². The molecule has 0 aliphatic carbocycles. The summed E-state index contributed by atoms with van der Waals surface area (Å²) in [5.41, 5.74) is -0.246. The Morgan fingerprint density at radius 1 is 1.26 bits per heavy atom. The summed E-state index contributed by atoms with van der Waals surface area (Å²) >= 11 is 0. The van der Waals surface area contributed by atoms with Crippen LogP contribution in [0.4, 0.5) is 0 Å². The Morgan fingerprint density at radius 2 is 1.96 bits per heavy atom. The summed E-state index contributed by atoms with van der Waals surface area (Å²) in [6, 6.07) is 8.55. The molecule has 1 aromatic carbocycles. The zero-order valence-corrected chi connectivity index (χ0v) is 14.6. The van der Waals surface area contributed by atoms with Gasteiger partial charge >= 0.3 is 0 Å². The molecule has 126 valence electrons. The van der Waals surface area contributed by atoms with Gasteiger partial charge in [-0.3, -0.25) is 4.98 Å². The Kier molecular flexibility index (Phi) is 5.39. The molecule has 0 aliphatic rings.